The van der Waals surface area contributed by atoms with Crippen LogP contribution in [0.15, 0.2) is 107 Å². The third-order valence-electron chi connectivity index (χ3n) is 8.47. The van der Waals surface area contributed by atoms with Gasteiger partial charge in [0.05, 0.1) is 16.7 Å². The third kappa shape index (κ3) is 5.10. The maximum atomic E-state index is 6.55. The van der Waals surface area contributed by atoms with Gasteiger partial charge in [-0.15, -0.1) is 23.5 Å². The van der Waals surface area contributed by atoms with E-state index >= 15 is 0 Å². The molecule has 0 amide bonds. The van der Waals surface area contributed by atoms with Crippen molar-refractivity contribution in [3.63, 3.8) is 0 Å². The van der Waals surface area contributed by atoms with Crippen LogP contribution < -0.4 is 4.74 Å². The van der Waals surface area contributed by atoms with Crippen LogP contribution >= 0.6 is 23.5 Å². The number of aromatic nitrogens is 4. The number of hydrogen-bond donors (Lipinski definition) is 0. The van der Waals surface area contributed by atoms with E-state index in [4.69, 9.17) is 14.8 Å². The minimum Gasteiger partial charge on any atom is -0.457 e. The number of para-hydroxylation sites is 1. The van der Waals surface area contributed by atoms with Gasteiger partial charge in [-0.05, 0) is 110 Å². The monoisotopic (exact) mass is 626 g/mol. The van der Waals surface area contributed by atoms with E-state index in [1.807, 2.05) is 30.5 Å². The van der Waals surface area contributed by atoms with Crippen molar-refractivity contribution in [2.75, 3.05) is 12.5 Å². The molecule has 3 aromatic heterocycles. The van der Waals surface area contributed by atoms with Crippen molar-refractivity contribution in [1.29, 1.82) is 0 Å². The van der Waals surface area contributed by atoms with Gasteiger partial charge in [0, 0.05) is 34.7 Å². The SMILES string of the molecule is CSc1nn(-c2cccc(Oc3ccc4c5ccccc5n(-c5cc(C)ccn5)c4c3)c2)c(SC)c1-c1c(C)ccc(C)c1C. The normalized spacial score (nSPS) is 11.5. The zero-order valence-electron chi connectivity index (χ0n) is 26.3. The second-order valence-corrected chi connectivity index (χ2v) is 12.9. The van der Waals surface area contributed by atoms with Gasteiger partial charge in [0.25, 0.3) is 0 Å². The number of rotatable bonds is 7. The van der Waals surface area contributed by atoms with E-state index in [1.165, 1.54) is 38.8 Å². The van der Waals surface area contributed by atoms with Gasteiger partial charge in [-0.2, -0.15) is 5.10 Å². The molecule has 7 aromatic rings. The van der Waals surface area contributed by atoms with Crippen molar-refractivity contribution in [3.05, 3.63) is 119 Å². The lowest BCUT2D eigenvalue weighted by Crippen LogP contribution is -1.99. The van der Waals surface area contributed by atoms with E-state index in [2.05, 4.69) is 116 Å². The Hall–Kier alpha value is -4.46. The number of hydrogen-bond acceptors (Lipinski definition) is 5. The Morgan fingerprint density at radius 2 is 1.44 bits per heavy atom. The Kier molecular flexibility index (Phi) is 7.68. The van der Waals surface area contributed by atoms with Gasteiger partial charge in [-0.3, -0.25) is 4.57 Å². The first kappa shape index (κ1) is 29.3. The second kappa shape index (κ2) is 11.8. The Bertz CT molecular complexity index is 2230. The van der Waals surface area contributed by atoms with Gasteiger partial charge in [0.1, 0.15) is 27.4 Å². The van der Waals surface area contributed by atoms with Crippen LogP contribution in [0, 0.1) is 27.7 Å². The number of benzene rings is 4. The molecule has 7 heteroatoms. The first-order valence-electron chi connectivity index (χ1n) is 14.9. The molecule has 0 saturated carbocycles. The molecule has 0 saturated heterocycles. The quantitative estimate of drug-likeness (QED) is 0.165. The van der Waals surface area contributed by atoms with Gasteiger partial charge in [0.2, 0.25) is 0 Å². The molecule has 224 valence electrons. The first-order valence-corrected chi connectivity index (χ1v) is 17.4. The molecule has 5 nitrogen and oxygen atoms in total. The van der Waals surface area contributed by atoms with Crippen molar-refractivity contribution >= 4 is 45.3 Å². The molecule has 3 heterocycles. The van der Waals surface area contributed by atoms with Crippen LogP contribution in [0.5, 0.6) is 11.5 Å². The lowest BCUT2D eigenvalue weighted by Gasteiger charge is -2.14. The van der Waals surface area contributed by atoms with Gasteiger partial charge >= 0.3 is 0 Å². The number of pyridine rings is 1. The standard InChI is InChI=1S/C38H34N4OS2/c1-23-18-19-39-34(20-23)41-32-13-8-7-12-30(32)31-17-16-29(22-33(31)41)43-28-11-9-10-27(21-28)42-38(45-6)36(37(40-42)44-5)35-25(3)15-14-24(2)26(35)4/h7-22H,1-6H3. The van der Waals surface area contributed by atoms with Crippen LogP contribution in [0.25, 0.3) is 44.4 Å². The van der Waals surface area contributed by atoms with E-state index in [1.54, 1.807) is 23.5 Å². The summed E-state index contributed by atoms with van der Waals surface area (Å²) in [6, 6.07) is 31.5. The van der Waals surface area contributed by atoms with E-state index < -0.39 is 0 Å². The number of thioether (sulfide) groups is 2. The minimum absolute atomic E-state index is 0.751. The van der Waals surface area contributed by atoms with Crippen LogP contribution in [0.3, 0.4) is 0 Å². The fourth-order valence-corrected chi connectivity index (χ4v) is 7.51. The topological polar surface area (TPSA) is 44.9 Å². The molecule has 0 unspecified atom stereocenters. The average molecular weight is 627 g/mol. The zero-order valence-corrected chi connectivity index (χ0v) is 27.9. The Labute approximate surface area is 272 Å². The molecule has 0 fully saturated rings. The lowest BCUT2D eigenvalue weighted by molar-refractivity contribution is 0.482. The minimum atomic E-state index is 0.751. The molecule has 0 N–H and O–H groups in total. The molecule has 0 atom stereocenters. The van der Waals surface area contributed by atoms with Crippen LogP contribution in [0.2, 0.25) is 0 Å². The largest absolute Gasteiger partial charge is 0.457 e. The maximum absolute atomic E-state index is 6.55. The molecule has 4 aromatic carbocycles. The third-order valence-corrected chi connectivity index (χ3v) is 9.90. The summed E-state index contributed by atoms with van der Waals surface area (Å²) in [7, 11) is 0. The van der Waals surface area contributed by atoms with Crippen LogP contribution in [-0.4, -0.2) is 31.8 Å². The number of nitrogens with zero attached hydrogens (tertiary/aromatic N) is 4. The number of ether oxygens (including phenoxy) is 1. The van der Waals surface area contributed by atoms with E-state index in [9.17, 15) is 0 Å². The smallest absolute Gasteiger partial charge is 0.137 e. The maximum Gasteiger partial charge on any atom is 0.137 e. The molecule has 7 rings (SSSR count). The van der Waals surface area contributed by atoms with E-state index in [0.29, 0.717) is 0 Å². The van der Waals surface area contributed by atoms with Crippen LogP contribution in [-0.2, 0) is 0 Å². The second-order valence-electron chi connectivity index (χ2n) is 11.3. The van der Waals surface area contributed by atoms with Gasteiger partial charge in [-0.1, -0.05) is 36.4 Å². The summed E-state index contributed by atoms with van der Waals surface area (Å²) in [5, 5.41) is 9.60. The van der Waals surface area contributed by atoms with Gasteiger partial charge in [-0.25, -0.2) is 9.67 Å². The lowest BCUT2D eigenvalue weighted by atomic mass is 9.94. The highest BCUT2D eigenvalue weighted by Crippen LogP contribution is 2.43. The molecule has 0 spiro atoms. The molecular formula is C38H34N4OS2. The Balaban J connectivity index is 1.31. The first-order chi connectivity index (χ1) is 21.9. The van der Waals surface area contributed by atoms with E-state index in [-0.39, 0.29) is 0 Å². The molecule has 0 bridgehead atoms. The van der Waals surface area contributed by atoms with Crippen molar-refractivity contribution in [2.24, 2.45) is 0 Å². The molecule has 0 radical (unpaired) electrons. The van der Waals surface area contributed by atoms with Gasteiger partial charge in [0.15, 0.2) is 0 Å². The zero-order chi connectivity index (χ0) is 31.2. The highest BCUT2D eigenvalue weighted by Gasteiger charge is 2.23. The highest BCUT2D eigenvalue weighted by molar-refractivity contribution is 7.99. The highest BCUT2D eigenvalue weighted by atomic mass is 32.2. The van der Waals surface area contributed by atoms with Crippen molar-refractivity contribution in [2.45, 2.75) is 37.7 Å². The molecule has 0 aliphatic carbocycles. The predicted molar refractivity (Wildman–Crippen MR) is 190 cm³/mol. The summed E-state index contributed by atoms with van der Waals surface area (Å²) in [6.45, 7) is 8.67. The molecule has 0 aliphatic heterocycles. The summed E-state index contributed by atoms with van der Waals surface area (Å²) in [5.74, 6) is 2.41. The number of fused-ring (bicyclic) bond motifs is 3. The summed E-state index contributed by atoms with van der Waals surface area (Å²) in [4.78, 5) is 4.72. The molecule has 0 aliphatic rings. The summed E-state index contributed by atoms with van der Waals surface area (Å²) < 4.78 is 10.8. The van der Waals surface area contributed by atoms with Crippen LogP contribution in [0.4, 0.5) is 0 Å². The molecular weight excluding hydrogens is 593 g/mol. The summed E-state index contributed by atoms with van der Waals surface area (Å²) in [5.41, 5.74) is 10.6. The Morgan fingerprint density at radius 3 is 2.24 bits per heavy atom. The van der Waals surface area contributed by atoms with Crippen LogP contribution in [0.1, 0.15) is 22.3 Å². The fraction of sp³-hybridized carbons (Fsp3) is 0.158. The van der Waals surface area contributed by atoms with Crippen molar-refractivity contribution in [3.8, 4) is 34.1 Å². The van der Waals surface area contributed by atoms with Gasteiger partial charge < -0.3 is 4.74 Å². The van der Waals surface area contributed by atoms with E-state index in [0.717, 1.165) is 49.5 Å². The summed E-state index contributed by atoms with van der Waals surface area (Å²) in [6.07, 6.45) is 6.09. The average Bonchev–Trinajstić information content (AvgIpc) is 3.58. The predicted octanol–water partition coefficient (Wildman–Crippen LogP) is 10.5. The Morgan fingerprint density at radius 1 is 0.667 bits per heavy atom. The molecule has 45 heavy (non-hydrogen) atoms. The number of aryl methyl sites for hydroxylation is 3. The van der Waals surface area contributed by atoms with Crippen molar-refractivity contribution < 1.29 is 4.74 Å². The summed E-state index contributed by atoms with van der Waals surface area (Å²) >= 11 is 3.41. The fourth-order valence-electron chi connectivity index (χ4n) is 6.16. The van der Waals surface area contributed by atoms with Crippen molar-refractivity contribution in [1.82, 2.24) is 19.3 Å².